The minimum absolute atomic E-state index is 0.177. The zero-order valence-electron chi connectivity index (χ0n) is 18.3. The topological polar surface area (TPSA) is 86.1 Å². The number of aromatic nitrogens is 3. The molecular weight excluding hydrogens is 448 g/mol. The Kier molecular flexibility index (Phi) is 5.88. The fourth-order valence-electron chi connectivity index (χ4n) is 3.68. The quantitative estimate of drug-likeness (QED) is 0.329. The molecule has 0 fully saturated rings. The van der Waals surface area contributed by atoms with Crippen LogP contribution in [0.25, 0.3) is 27.2 Å². The fourth-order valence-corrected chi connectivity index (χ4v) is 4.37. The molecule has 0 atom stereocenters. The van der Waals surface area contributed by atoms with E-state index in [9.17, 15) is 9.59 Å². The maximum atomic E-state index is 13.6. The molecule has 0 spiro atoms. The predicted octanol–water partition coefficient (Wildman–Crippen LogP) is 5.58. The smallest absolute Gasteiger partial charge is 0.343 e. The van der Waals surface area contributed by atoms with E-state index in [4.69, 9.17) is 9.72 Å². The molecule has 7 nitrogen and oxygen atoms in total. The molecule has 1 amide bonds. The number of hydrogen-bond donors (Lipinski definition) is 1. The van der Waals surface area contributed by atoms with Gasteiger partial charge in [-0.1, -0.05) is 42.5 Å². The molecule has 0 unspecified atom stereocenters. The molecule has 8 heteroatoms. The zero-order chi connectivity index (χ0) is 23.5. The standard InChI is InChI=1S/C26H20N4O3S/c1-2-33-26(32)20-16-27-30(17-9-4-3-5-10-17)24(20)29-25(31)19-15-22(23-13-8-14-34-23)28-21-12-7-6-11-18(19)21/h3-16H,2H2,1H3,(H,29,31). The highest BCUT2D eigenvalue weighted by Gasteiger charge is 2.23. The Bertz CT molecular complexity index is 1480. The Labute approximate surface area is 199 Å². The maximum Gasteiger partial charge on any atom is 0.343 e. The van der Waals surface area contributed by atoms with Crippen LogP contribution in [-0.4, -0.2) is 33.2 Å². The Hall–Kier alpha value is -4.30. The number of carbonyl (C=O) groups is 2. The van der Waals surface area contributed by atoms with Crippen molar-refractivity contribution in [3.63, 3.8) is 0 Å². The Balaban J connectivity index is 1.61. The number of anilines is 1. The van der Waals surface area contributed by atoms with E-state index in [-0.39, 0.29) is 23.9 Å². The van der Waals surface area contributed by atoms with Crippen molar-refractivity contribution in [2.45, 2.75) is 6.92 Å². The van der Waals surface area contributed by atoms with Gasteiger partial charge in [0.05, 0.1) is 40.1 Å². The molecule has 3 aromatic heterocycles. The van der Waals surface area contributed by atoms with Crippen LogP contribution in [-0.2, 0) is 4.74 Å². The second-order valence-electron chi connectivity index (χ2n) is 7.38. The van der Waals surface area contributed by atoms with E-state index in [0.717, 1.165) is 4.88 Å². The maximum absolute atomic E-state index is 13.6. The number of esters is 1. The van der Waals surface area contributed by atoms with E-state index >= 15 is 0 Å². The number of nitrogens with zero attached hydrogens (tertiary/aromatic N) is 3. The lowest BCUT2D eigenvalue weighted by molar-refractivity contribution is 0.0527. The fraction of sp³-hybridized carbons (Fsp3) is 0.0769. The van der Waals surface area contributed by atoms with E-state index < -0.39 is 5.97 Å². The van der Waals surface area contributed by atoms with Crippen molar-refractivity contribution in [2.24, 2.45) is 0 Å². The SMILES string of the molecule is CCOC(=O)c1cnn(-c2ccccc2)c1NC(=O)c1cc(-c2cccs2)nc2ccccc12. The van der Waals surface area contributed by atoms with Gasteiger partial charge in [-0.05, 0) is 42.6 Å². The van der Waals surface area contributed by atoms with Crippen molar-refractivity contribution in [1.29, 1.82) is 0 Å². The third-order valence-corrected chi connectivity index (χ3v) is 6.12. The number of hydrogen-bond acceptors (Lipinski definition) is 6. The molecule has 1 N–H and O–H groups in total. The van der Waals surface area contributed by atoms with Crippen LogP contribution in [0.2, 0.25) is 0 Å². The molecule has 0 aliphatic carbocycles. The van der Waals surface area contributed by atoms with E-state index in [0.29, 0.717) is 27.8 Å². The number of thiophene rings is 1. The lowest BCUT2D eigenvalue weighted by Crippen LogP contribution is -2.18. The number of rotatable bonds is 6. The van der Waals surface area contributed by atoms with Crippen molar-refractivity contribution < 1.29 is 14.3 Å². The summed E-state index contributed by atoms with van der Waals surface area (Å²) in [4.78, 5) is 31.9. The van der Waals surface area contributed by atoms with E-state index in [1.165, 1.54) is 10.9 Å². The summed E-state index contributed by atoms with van der Waals surface area (Å²) in [5.41, 5.74) is 2.74. The van der Waals surface area contributed by atoms with Gasteiger partial charge in [-0.15, -0.1) is 11.3 Å². The molecule has 5 aromatic rings. The molecule has 0 aliphatic rings. The van der Waals surface area contributed by atoms with Crippen molar-refractivity contribution in [3.05, 3.63) is 95.5 Å². The molecule has 0 saturated carbocycles. The van der Waals surface area contributed by atoms with Gasteiger partial charge in [0.15, 0.2) is 5.82 Å². The van der Waals surface area contributed by atoms with Crippen LogP contribution in [0.15, 0.2) is 84.4 Å². The summed E-state index contributed by atoms with van der Waals surface area (Å²) in [6, 6.07) is 22.5. The molecule has 2 aromatic carbocycles. The van der Waals surface area contributed by atoms with Crippen molar-refractivity contribution in [2.75, 3.05) is 11.9 Å². The van der Waals surface area contributed by atoms with Crippen molar-refractivity contribution in [3.8, 4) is 16.3 Å². The number of para-hydroxylation sites is 2. The van der Waals surface area contributed by atoms with E-state index in [1.54, 1.807) is 24.3 Å². The number of amides is 1. The van der Waals surface area contributed by atoms with Gasteiger partial charge in [0, 0.05) is 5.39 Å². The molecule has 0 radical (unpaired) electrons. The minimum Gasteiger partial charge on any atom is -0.462 e. The van der Waals surface area contributed by atoms with E-state index in [2.05, 4.69) is 10.4 Å². The van der Waals surface area contributed by atoms with Crippen LogP contribution in [0.3, 0.4) is 0 Å². The molecule has 0 bridgehead atoms. The van der Waals surface area contributed by atoms with Gasteiger partial charge < -0.3 is 10.1 Å². The van der Waals surface area contributed by atoms with Gasteiger partial charge in [-0.3, -0.25) is 4.79 Å². The number of benzene rings is 2. The third kappa shape index (κ3) is 4.06. The largest absolute Gasteiger partial charge is 0.462 e. The van der Waals surface area contributed by atoms with Crippen LogP contribution in [0.1, 0.15) is 27.6 Å². The highest BCUT2D eigenvalue weighted by molar-refractivity contribution is 7.13. The number of pyridine rings is 1. The van der Waals surface area contributed by atoms with Gasteiger partial charge in [0.2, 0.25) is 0 Å². The first-order chi connectivity index (χ1) is 16.7. The average Bonchev–Trinajstić information content (AvgIpc) is 3.55. The molecule has 3 heterocycles. The normalized spacial score (nSPS) is 10.9. The second-order valence-corrected chi connectivity index (χ2v) is 8.33. The third-order valence-electron chi connectivity index (χ3n) is 5.23. The summed E-state index contributed by atoms with van der Waals surface area (Å²) in [6.45, 7) is 1.94. The molecule has 5 rings (SSSR count). The molecule has 34 heavy (non-hydrogen) atoms. The van der Waals surface area contributed by atoms with Gasteiger partial charge >= 0.3 is 5.97 Å². The number of carbonyl (C=O) groups excluding carboxylic acids is 2. The summed E-state index contributed by atoms with van der Waals surface area (Å²) < 4.78 is 6.71. The van der Waals surface area contributed by atoms with Crippen LogP contribution in [0.5, 0.6) is 0 Å². The van der Waals surface area contributed by atoms with Crippen LogP contribution in [0, 0.1) is 0 Å². The first kappa shape index (κ1) is 21.5. The lowest BCUT2D eigenvalue weighted by atomic mass is 10.1. The Morgan fingerprint density at radius 2 is 1.79 bits per heavy atom. The van der Waals surface area contributed by atoms with Gasteiger partial charge in [-0.2, -0.15) is 5.10 Å². The second kappa shape index (κ2) is 9.29. The minimum atomic E-state index is -0.557. The first-order valence-corrected chi connectivity index (χ1v) is 11.6. The van der Waals surface area contributed by atoms with E-state index in [1.807, 2.05) is 72.1 Å². The summed E-state index contributed by atoms with van der Waals surface area (Å²) in [5.74, 6) is -0.688. The zero-order valence-corrected chi connectivity index (χ0v) is 19.1. The summed E-state index contributed by atoms with van der Waals surface area (Å²) in [5, 5.41) is 9.94. The van der Waals surface area contributed by atoms with Crippen molar-refractivity contribution in [1.82, 2.24) is 14.8 Å². The lowest BCUT2D eigenvalue weighted by Gasteiger charge is -2.13. The highest BCUT2D eigenvalue weighted by Crippen LogP contribution is 2.29. The molecule has 0 aliphatic heterocycles. The van der Waals surface area contributed by atoms with Gasteiger partial charge in [0.25, 0.3) is 5.91 Å². The van der Waals surface area contributed by atoms with Crippen molar-refractivity contribution >= 4 is 39.9 Å². The first-order valence-electron chi connectivity index (χ1n) is 10.7. The predicted molar refractivity (Wildman–Crippen MR) is 133 cm³/mol. The molecule has 168 valence electrons. The van der Waals surface area contributed by atoms with Gasteiger partial charge in [0.1, 0.15) is 5.56 Å². The molecule has 0 saturated heterocycles. The molecular formula is C26H20N4O3S. The van der Waals surface area contributed by atoms with Crippen LogP contribution in [0.4, 0.5) is 5.82 Å². The number of ether oxygens (including phenoxy) is 1. The Morgan fingerprint density at radius 1 is 1.00 bits per heavy atom. The summed E-state index contributed by atoms with van der Waals surface area (Å²) in [7, 11) is 0. The summed E-state index contributed by atoms with van der Waals surface area (Å²) >= 11 is 1.55. The monoisotopic (exact) mass is 468 g/mol. The highest BCUT2D eigenvalue weighted by atomic mass is 32.1. The van der Waals surface area contributed by atoms with Gasteiger partial charge in [-0.25, -0.2) is 14.5 Å². The van der Waals surface area contributed by atoms with Crippen LogP contribution < -0.4 is 5.32 Å². The number of fused-ring (bicyclic) bond motifs is 1. The summed E-state index contributed by atoms with van der Waals surface area (Å²) in [6.07, 6.45) is 1.41. The Morgan fingerprint density at radius 3 is 2.56 bits per heavy atom. The average molecular weight is 469 g/mol. The van der Waals surface area contributed by atoms with Crippen LogP contribution >= 0.6 is 11.3 Å². The number of nitrogens with one attached hydrogen (secondary N) is 1.